The first-order valence-electron chi connectivity index (χ1n) is 7.70. The Kier molecular flexibility index (Phi) is 4.41. The minimum atomic E-state index is -0.224. The molecule has 3 heterocycles. The van der Waals surface area contributed by atoms with E-state index in [0.29, 0.717) is 18.8 Å². The Morgan fingerprint density at radius 3 is 2.70 bits per heavy atom. The van der Waals surface area contributed by atoms with Gasteiger partial charge in [0.05, 0.1) is 29.0 Å². The van der Waals surface area contributed by atoms with Gasteiger partial charge in [0.15, 0.2) is 0 Å². The molecule has 0 aromatic carbocycles. The van der Waals surface area contributed by atoms with Gasteiger partial charge in [0, 0.05) is 20.1 Å². The maximum absolute atomic E-state index is 12.3. The average Bonchev–Trinajstić information content (AvgIpc) is 3.07. The minimum absolute atomic E-state index is 0.0110. The molecular formula is C16H21N3O3S. The van der Waals surface area contributed by atoms with Gasteiger partial charge in [-0.15, -0.1) is 11.3 Å². The Hall–Kier alpha value is -1.86. The molecule has 23 heavy (non-hydrogen) atoms. The summed E-state index contributed by atoms with van der Waals surface area (Å²) in [5, 5.41) is 4.73. The number of amides is 2. The van der Waals surface area contributed by atoms with E-state index >= 15 is 0 Å². The molecule has 7 heteroatoms. The zero-order valence-electron chi connectivity index (χ0n) is 13.5. The summed E-state index contributed by atoms with van der Waals surface area (Å²) >= 11 is 1.60. The van der Waals surface area contributed by atoms with Crippen molar-refractivity contribution in [1.29, 1.82) is 0 Å². The molecule has 0 radical (unpaired) electrons. The highest BCUT2D eigenvalue weighted by atomic mass is 32.1. The number of aromatic nitrogens is 1. The lowest BCUT2D eigenvalue weighted by Crippen LogP contribution is -2.51. The Morgan fingerprint density at radius 1 is 1.35 bits per heavy atom. The number of fused-ring (bicyclic) bond motifs is 1. The highest BCUT2D eigenvalue weighted by Crippen LogP contribution is 2.24. The van der Waals surface area contributed by atoms with E-state index in [1.807, 2.05) is 43.0 Å². The van der Waals surface area contributed by atoms with Gasteiger partial charge in [0.25, 0.3) is 5.91 Å². The molecule has 2 aromatic rings. The zero-order chi connectivity index (χ0) is 16.6. The number of carbonyl (C=O) groups is 2. The smallest absolute Gasteiger partial charge is 0.268 e. The maximum Gasteiger partial charge on any atom is 0.268 e. The van der Waals surface area contributed by atoms with E-state index in [4.69, 9.17) is 4.74 Å². The van der Waals surface area contributed by atoms with Gasteiger partial charge in [-0.25, -0.2) is 0 Å². The second-order valence-electron chi connectivity index (χ2n) is 6.00. The molecule has 1 N–H and O–H groups in total. The van der Waals surface area contributed by atoms with Gasteiger partial charge in [0.1, 0.15) is 5.69 Å². The van der Waals surface area contributed by atoms with Crippen LogP contribution in [0.5, 0.6) is 0 Å². The normalized spacial score (nSPS) is 21.6. The van der Waals surface area contributed by atoms with Crippen molar-refractivity contribution in [3.8, 4) is 0 Å². The summed E-state index contributed by atoms with van der Waals surface area (Å²) in [6, 6.07) is 3.84. The Balaban J connectivity index is 1.61. The number of thiophene rings is 1. The van der Waals surface area contributed by atoms with E-state index < -0.39 is 0 Å². The van der Waals surface area contributed by atoms with Crippen molar-refractivity contribution in [3.05, 3.63) is 23.2 Å². The SMILES string of the molecule is CC1CN(C(=O)CNC(=O)c2cc3sccc3n2C)CC(C)O1. The second-order valence-corrected chi connectivity index (χ2v) is 6.95. The predicted molar refractivity (Wildman–Crippen MR) is 89.7 cm³/mol. The van der Waals surface area contributed by atoms with Gasteiger partial charge in [0.2, 0.25) is 5.91 Å². The topological polar surface area (TPSA) is 63.6 Å². The lowest BCUT2D eigenvalue weighted by molar-refractivity contribution is -0.142. The number of rotatable bonds is 3. The highest BCUT2D eigenvalue weighted by molar-refractivity contribution is 7.17. The molecule has 0 bridgehead atoms. The van der Waals surface area contributed by atoms with Crippen LogP contribution >= 0.6 is 11.3 Å². The van der Waals surface area contributed by atoms with Crippen molar-refractivity contribution in [2.24, 2.45) is 7.05 Å². The molecule has 1 aliphatic rings. The summed E-state index contributed by atoms with van der Waals surface area (Å²) in [7, 11) is 1.86. The molecule has 3 rings (SSSR count). The van der Waals surface area contributed by atoms with Crippen molar-refractivity contribution in [1.82, 2.24) is 14.8 Å². The number of carbonyl (C=O) groups excluding carboxylic acids is 2. The third kappa shape index (κ3) is 3.25. The van der Waals surface area contributed by atoms with Gasteiger partial charge in [-0.1, -0.05) is 0 Å². The molecule has 1 fully saturated rings. The second kappa shape index (κ2) is 6.33. The number of hydrogen-bond acceptors (Lipinski definition) is 4. The van der Waals surface area contributed by atoms with Crippen LogP contribution in [0, 0.1) is 0 Å². The first kappa shape index (κ1) is 16.0. The minimum Gasteiger partial charge on any atom is -0.372 e. The van der Waals surface area contributed by atoms with Crippen LogP contribution in [0.3, 0.4) is 0 Å². The molecule has 2 atom stereocenters. The van der Waals surface area contributed by atoms with Crippen molar-refractivity contribution in [3.63, 3.8) is 0 Å². The Bertz CT molecular complexity index is 726. The molecule has 0 aliphatic carbocycles. The van der Waals surface area contributed by atoms with Crippen LogP contribution in [0.4, 0.5) is 0 Å². The van der Waals surface area contributed by atoms with Crippen LogP contribution < -0.4 is 5.32 Å². The molecule has 124 valence electrons. The molecule has 6 nitrogen and oxygen atoms in total. The van der Waals surface area contributed by atoms with E-state index in [-0.39, 0.29) is 30.6 Å². The van der Waals surface area contributed by atoms with Crippen LogP contribution in [0.1, 0.15) is 24.3 Å². The van der Waals surface area contributed by atoms with Crippen LogP contribution in [-0.4, -0.2) is 53.1 Å². The molecule has 2 aromatic heterocycles. The van der Waals surface area contributed by atoms with Gasteiger partial charge < -0.3 is 19.5 Å². The zero-order valence-corrected chi connectivity index (χ0v) is 14.4. The average molecular weight is 335 g/mol. The predicted octanol–water partition coefficient (Wildman–Crippen LogP) is 1.61. The molecule has 2 amide bonds. The number of aryl methyl sites for hydroxylation is 1. The number of nitrogens with one attached hydrogen (secondary N) is 1. The van der Waals surface area contributed by atoms with Crippen molar-refractivity contribution >= 4 is 33.4 Å². The Morgan fingerprint density at radius 2 is 2.04 bits per heavy atom. The van der Waals surface area contributed by atoms with Gasteiger partial charge >= 0.3 is 0 Å². The largest absolute Gasteiger partial charge is 0.372 e. The number of hydrogen-bond donors (Lipinski definition) is 1. The lowest BCUT2D eigenvalue weighted by atomic mass is 10.2. The first-order valence-corrected chi connectivity index (χ1v) is 8.58. The summed E-state index contributed by atoms with van der Waals surface area (Å²) in [4.78, 5) is 26.4. The third-order valence-electron chi connectivity index (χ3n) is 4.07. The number of ether oxygens (including phenoxy) is 1. The molecule has 0 spiro atoms. The molecular weight excluding hydrogens is 314 g/mol. The molecule has 2 unspecified atom stereocenters. The van der Waals surface area contributed by atoms with Crippen LogP contribution in [0.2, 0.25) is 0 Å². The highest BCUT2D eigenvalue weighted by Gasteiger charge is 2.26. The third-order valence-corrected chi connectivity index (χ3v) is 4.92. The molecule has 0 saturated carbocycles. The lowest BCUT2D eigenvalue weighted by Gasteiger charge is -2.35. The van der Waals surface area contributed by atoms with Crippen molar-refractivity contribution < 1.29 is 14.3 Å². The standard InChI is InChI=1S/C16H21N3O3S/c1-10-8-19(9-11(2)22-10)15(20)7-17-16(21)13-6-14-12(18(13)3)4-5-23-14/h4-6,10-11H,7-9H2,1-3H3,(H,17,21). The summed E-state index contributed by atoms with van der Waals surface area (Å²) in [6.07, 6.45) is 0.0520. The summed E-state index contributed by atoms with van der Waals surface area (Å²) in [5.41, 5.74) is 1.60. The fourth-order valence-corrected chi connectivity index (χ4v) is 3.86. The quantitative estimate of drug-likeness (QED) is 0.927. The number of nitrogens with zero attached hydrogens (tertiary/aromatic N) is 2. The van der Waals surface area contributed by atoms with E-state index in [1.165, 1.54) is 0 Å². The summed E-state index contributed by atoms with van der Waals surface area (Å²) in [6.45, 7) is 5.05. The van der Waals surface area contributed by atoms with E-state index in [2.05, 4.69) is 5.32 Å². The van der Waals surface area contributed by atoms with Crippen LogP contribution in [0.15, 0.2) is 17.5 Å². The van der Waals surface area contributed by atoms with Crippen molar-refractivity contribution in [2.45, 2.75) is 26.1 Å². The summed E-state index contributed by atoms with van der Waals surface area (Å²) in [5.74, 6) is -0.296. The van der Waals surface area contributed by atoms with Gasteiger partial charge in [-0.3, -0.25) is 9.59 Å². The maximum atomic E-state index is 12.3. The number of morpholine rings is 1. The summed E-state index contributed by atoms with van der Waals surface area (Å²) < 4.78 is 8.54. The fourth-order valence-electron chi connectivity index (χ4n) is 3.01. The monoisotopic (exact) mass is 335 g/mol. The van der Waals surface area contributed by atoms with E-state index in [1.54, 1.807) is 16.2 Å². The van der Waals surface area contributed by atoms with Crippen LogP contribution in [0.25, 0.3) is 10.2 Å². The van der Waals surface area contributed by atoms with Crippen molar-refractivity contribution in [2.75, 3.05) is 19.6 Å². The van der Waals surface area contributed by atoms with Gasteiger partial charge in [-0.05, 0) is 31.4 Å². The van der Waals surface area contributed by atoms with Gasteiger partial charge in [-0.2, -0.15) is 0 Å². The Labute approximate surface area is 139 Å². The van der Waals surface area contributed by atoms with Crippen LogP contribution in [-0.2, 0) is 16.6 Å². The van der Waals surface area contributed by atoms with E-state index in [9.17, 15) is 9.59 Å². The molecule has 1 saturated heterocycles. The first-order chi connectivity index (χ1) is 11.0. The molecule has 1 aliphatic heterocycles. The fraction of sp³-hybridized carbons (Fsp3) is 0.500. The van der Waals surface area contributed by atoms with E-state index in [0.717, 1.165) is 10.2 Å².